The number of ether oxygens (including phenoxy) is 3. The third-order valence-electron chi connectivity index (χ3n) is 6.18. The van der Waals surface area contributed by atoms with E-state index in [0.29, 0.717) is 24.8 Å². The number of hydrogen-bond donors (Lipinski definition) is 0. The van der Waals surface area contributed by atoms with Gasteiger partial charge in [-0.1, -0.05) is 13.5 Å². The van der Waals surface area contributed by atoms with E-state index >= 15 is 0 Å². The standard InChI is InChI=1S/C18H22O6/c1-9-6-11-7-12(9)15(20)22-17(11)23-16(21)13-4-3-5-18(13)8-10(2)14(19)24-18/h9,11-13,17H,2-8H2,1H3. The third kappa shape index (κ3) is 2.26. The van der Waals surface area contributed by atoms with Crippen LogP contribution < -0.4 is 0 Å². The number of carbonyl (C=O) groups is 3. The molecule has 6 atom stereocenters. The summed E-state index contributed by atoms with van der Waals surface area (Å²) >= 11 is 0. The zero-order valence-corrected chi connectivity index (χ0v) is 13.8. The second kappa shape index (κ2) is 5.33. The van der Waals surface area contributed by atoms with Crippen LogP contribution in [0.3, 0.4) is 0 Å². The van der Waals surface area contributed by atoms with Gasteiger partial charge in [-0.3, -0.25) is 9.59 Å². The van der Waals surface area contributed by atoms with Crippen LogP contribution in [0.5, 0.6) is 0 Å². The maximum absolute atomic E-state index is 12.7. The van der Waals surface area contributed by atoms with Crippen LogP contribution in [0.2, 0.25) is 0 Å². The molecule has 4 aliphatic rings. The zero-order chi connectivity index (χ0) is 17.1. The predicted molar refractivity (Wildman–Crippen MR) is 81.3 cm³/mol. The molecule has 24 heavy (non-hydrogen) atoms. The van der Waals surface area contributed by atoms with E-state index in [0.717, 1.165) is 19.3 Å². The Morgan fingerprint density at radius 3 is 2.83 bits per heavy atom. The van der Waals surface area contributed by atoms with Crippen LogP contribution in [0.15, 0.2) is 12.2 Å². The Hall–Kier alpha value is -1.85. The fraction of sp³-hybridized carbons (Fsp3) is 0.722. The molecule has 1 spiro atoms. The number of esters is 3. The van der Waals surface area contributed by atoms with Gasteiger partial charge in [0.05, 0.1) is 11.8 Å². The molecule has 0 aromatic rings. The minimum absolute atomic E-state index is 0.0677. The molecule has 2 saturated carbocycles. The molecular weight excluding hydrogens is 312 g/mol. The molecule has 2 aliphatic carbocycles. The number of carbonyl (C=O) groups excluding carboxylic acids is 3. The SMILES string of the molecule is C=C1CC2(CCCC2C(=O)OC2OC(=O)C3CC2CC3C)OC1=O. The van der Waals surface area contributed by atoms with Crippen LogP contribution in [0.1, 0.15) is 45.4 Å². The summed E-state index contributed by atoms with van der Waals surface area (Å²) in [7, 11) is 0. The highest BCUT2D eigenvalue weighted by molar-refractivity contribution is 5.91. The Balaban J connectivity index is 1.47. The molecule has 0 amide bonds. The van der Waals surface area contributed by atoms with E-state index < -0.39 is 29.7 Å². The molecule has 6 unspecified atom stereocenters. The van der Waals surface area contributed by atoms with Crippen LogP contribution in [-0.4, -0.2) is 29.8 Å². The molecule has 6 heteroatoms. The van der Waals surface area contributed by atoms with Crippen LogP contribution in [0.25, 0.3) is 0 Å². The summed E-state index contributed by atoms with van der Waals surface area (Å²) in [5, 5.41) is 0. The monoisotopic (exact) mass is 334 g/mol. The predicted octanol–water partition coefficient (Wildman–Crippen LogP) is 2.12. The lowest BCUT2D eigenvalue weighted by Crippen LogP contribution is -2.43. The molecule has 0 radical (unpaired) electrons. The van der Waals surface area contributed by atoms with Crippen LogP contribution in [0.4, 0.5) is 0 Å². The molecule has 2 heterocycles. The van der Waals surface area contributed by atoms with Gasteiger partial charge in [-0.25, -0.2) is 4.79 Å². The summed E-state index contributed by atoms with van der Waals surface area (Å²) in [6, 6.07) is 0. The van der Waals surface area contributed by atoms with Crippen molar-refractivity contribution in [3.05, 3.63) is 12.2 Å². The summed E-state index contributed by atoms with van der Waals surface area (Å²) in [5.41, 5.74) is -0.402. The number of hydrogen-bond acceptors (Lipinski definition) is 6. The zero-order valence-electron chi connectivity index (χ0n) is 13.8. The van der Waals surface area contributed by atoms with Crippen LogP contribution in [-0.2, 0) is 28.6 Å². The Kier molecular flexibility index (Phi) is 3.48. The van der Waals surface area contributed by atoms with E-state index in [-0.39, 0.29) is 23.7 Å². The first-order chi connectivity index (χ1) is 11.4. The highest BCUT2D eigenvalue weighted by atomic mass is 16.7. The van der Waals surface area contributed by atoms with Gasteiger partial charge >= 0.3 is 17.9 Å². The van der Waals surface area contributed by atoms with Crippen molar-refractivity contribution in [1.82, 2.24) is 0 Å². The van der Waals surface area contributed by atoms with Crippen molar-refractivity contribution in [3.8, 4) is 0 Å². The number of rotatable bonds is 2. The van der Waals surface area contributed by atoms with Crippen LogP contribution in [0, 0.1) is 23.7 Å². The molecule has 0 aromatic carbocycles. The van der Waals surface area contributed by atoms with Gasteiger partial charge in [0.1, 0.15) is 5.60 Å². The van der Waals surface area contributed by atoms with Crippen molar-refractivity contribution in [1.29, 1.82) is 0 Å². The summed E-state index contributed by atoms with van der Waals surface area (Å²) in [6.07, 6.45) is 3.18. The van der Waals surface area contributed by atoms with Crippen molar-refractivity contribution in [3.63, 3.8) is 0 Å². The molecule has 130 valence electrons. The first-order valence-corrected chi connectivity index (χ1v) is 8.72. The molecular formula is C18H22O6. The van der Waals surface area contributed by atoms with E-state index in [1.165, 1.54) is 0 Å². The highest BCUT2D eigenvalue weighted by Crippen LogP contribution is 2.49. The van der Waals surface area contributed by atoms with E-state index in [1.807, 2.05) is 6.92 Å². The molecule has 2 bridgehead atoms. The topological polar surface area (TPSA) is 78.9 Å². The lowest BCUT2D eigenvalue weighted by molar-refractivity contribution is -0.212. The Bertz CT molecular complexity index is 607. The molecule has 4 rings (SSSR count). The van der Waals surface area contributed by atoms with E-state index in [1.54, 1.807) is 0 Å². The van der Waals surface area contributed by atoms with Gasteiger partial charge in [-0.2, -0.15) is 0 Å². The molecule has 4 fully saturated rings. The van der Waals surface area contributed by atoms with Crippen molar-refractivity contribution >= 4 is 17.9 Å². The Morgan fingerprint density at radius 1 is 1.33 bits per heavy atom. The summed E-state index contributed by atoms with van der Waals surface area (Å²) in [6.45, 7) is 5.75. The second-order valence-electron chi connectivity index (χ2n) is 7.74. The van der Waals surface area contributed by atoms with Crippen molar-refractivity contribution < 1.29 is 28.6 Å². The Labute approximate surface area is 140 Å². The van der Waals surface area contributed by atoms with Gasteiger partial charge in [-0.15, -0.1) is 0 Å². The van der Waals surface area contributed by atoms with E-state index in [4.69, 9.17) is 14.2 Å². The van der Waals surface area contributed by atoms with Gasteiger partial charge in [-0.05, 0) is 38.0 Å². The molecule has 0 N–H and O–H groups in total. The largest absolute Gasteiger partial charge is 0.454 e. The lowest BCUT2D eigenvalue weighted by atomic mass is 9.87. The fourth-order valence-corrected chi connectivity index (χ4v) is 4.90. The Morgan fingerprint density at radius 2 is 2.12 bits per heavy atom. The van der Waals surface area contributed by atoms with Crippen LogP contribution >= 0.6 is 0 Å². The maximum atomic E-state index is 12.7. The van der Waals surface area contributed by atoms with Crippen molar-refractivity contribution in [2.75, 3.05) is 0 Å². The summed E-state index contributed by atoms with van der Waals surface area (Å²) < 4.78 is 16.4. The maximum Gasteiger partial charge on any atom is 0.334 e. The lowest BCUT2D eigenvalue weighted by Gasteiger charge is -2.32. The first-order valence-electron chi connectivity index (χ1n) is 8.72. The molecule has 2 aliphatic heterocycles. The average Bonchev–Trinajstić information content (AvgIpc) is 3.15. The summed E-state index contributed by atoms with van der Waals surface area (Å²) in [4.78, 5) is 36.5. The molecule has 6 nitrogen and oxygen atoms in total. The van der Waals surface area contributed by atoms with Gasteiger partial charge in [0.15, 0.2) is 0 Å². The fourth-order valence-electron chi connectivity index (χ4n) is 4.90. The second-order valence-corrected chi connectivity index (χ2v) is 7.74. The smallest absolute Gasteiger partial charge is 0.334 e. The first kappa shape index (κ1) is 15.7. The molecule has 2 saturated heterocycles. The van der Waals surface area contributed by atoms with Crippen molar-refractivity contribution in [2.24, 2.45) is 23.7 Å². The third-order valence-corrected chi connectivity index (χ3v) is 6.18. The minimum atomic E-state index is -0.810. The van der Waals surface area contributed by atoms with Gasteiger partial charge in [0.25, 0.3) is 0 Å². The number of fused-ring (bicyclic) bond motifs is 2. The quantitative estimate of drug-likeness (QED) is 0.568. The minimum Gasteiger partial charge on any atom is -0.454 e. The van der Waals surface area contributed by atoms with E-state index in [9.17, 15) is 14.4 Å². The summed E-state index contributed by atoms with van der Waals surface area (Å²) in [5.74, 6) is -1.35. The van der Waals surface area contributed by atoms with Gasteiger partial charge < -0.3 is 14.2 Å². The number of cyclic esters (lactones) is 1. The normalized spacial score (nSPS) is 43.9. The average molecular weight is 334 g/mol. The molecule has 0 aromatic heterocycles. The van der Waals surface area contributed by atoms with Gasteiger partial charge in [0.2, 0.25) is 6.29 Å². The van der Waals surface area contributed by atoms with Gasteiger partial charge in [0, 0.05) is 17.9 Å². The van der Waals surface area contributed by atoms with Crippen molar-refractivity contribution in [2.45, 2.75) is 57.3 Å². The highest BCUT2D eigenvalue weighted by Gasteiger charge is 2.56. The van der Waals surface area contributed by atoms with E-state index in [2.05, 4.69) is 6.58 Å².